The summed E-state index contributed by atoms with van der Waals surface area (Å²) in [5.74, 6) is -6.42. The maximum Gasteiger partial charge on any atom is 3.00 e. The minimum absolute atomic E-state index is 0. The molecule has 0 radical (unpaired) electrons. The molecule has 72 heavy (non-hydrogen) atoms. The summed E-state index contributed by atoms with van der Waals surface area (Å²) in [6, 6.07) is -0.923. The van der Waals surface area contributed by atoms with Crippen molar-refractivity contribution in [3.8, 4) is 0 Å². The second-order valence-corrected chi connectivity index (χ2v) is 21.1. The molecule has 0 saturated carbocycles. The molecule has 0 spiro atoms. The number of rotatable bonds is 20. The molecule has 5 rings (SSSR count). The van der Waals surface area contributed by atoms with E-state index >= 15 is 0 Å². The molecule has 23 heteroatoms. The topological polar surface area (TPSA) is 444 Å². The minimum Gasteiger partial charge on any atom is -0.870 e. The molecule has 17 N–H and O–H groups in total. The third kappa shape index (κ3) is 12.3. The van der Waals surface area contributed by atoms with Gasteiger partial charge in [-0.3, -0.25) is 48.5 Å². The minimum atomic E-state index is -1.40. The molecule has 0 aromatic heterocycles. The first-order chi connectivity index (χ1) is 31.9. The third-order valence-corrected chi connectivity index (χ3v) is 16.0. The van der Waals surface area contributed by atoms with Crippen LogP contribution in [0.2, 0.25) is 0 Å². The van der Waals surface area contributed by atoms with E-state index < -0.39 is 98.5 Å². The maximum atomic E-state index is 13.5. The zero-order chi connectivity index (χ0) is 52.4. The van der Waals surface area contributed by atoms with Gasteiger partial charge in [-0.1, -0.05) is 40.7 Å². The Kier molecular flexibility index (Phi) is 21.7. The number of carbonyl (C=O) groups excluding carboxylic acids is 7. The number of allylic oxidation sites excluding steroid dienone is 6. The molecule has 1 fully saturated rings. The third-order valence-electron chi connectivity index (χ3n) is 16.0. The van der Waals surface area contributed by atoms with E-state index in [9.17, 15) is 38.7 Å². The predicted octanol–water partition coefficient (Wildman–Crippen LogP) is 1.61. The van der Waals surface area contributed by atoms with Crippen LogP contribution < -0.4 is 39.7 Å². The Labute approximate surface area is 432 Å². The average Bonchev–Trinajstić information content (AvgIpc) is 3.84. The molecule has 10 atom stereocenters. The maximum absolute atomic E-state index is 13.5. The first kappa shape index (κ1) is 64.2. The molecule has 5 aliphatic rings. The summed E-state index contributed by atoms with van der Waals surface area (Å²) in [5, 5.41) is 24.6. The quantitative estimate of drug-likeness (QED) is 0.0815. The van der Waals surface area contributed by atoms with Crippen LogP contribution in [-0.4, -0.2) is 98.8 Å². The van der Waals surface area contributed by atoms with Crippen LogP contribution in [0, 0.1) is 57.2 Å². The molecule has 0 aromatic rings. The number of aliphatic hydroxyl groups is 1. The first-order valence-corrected chi connectivity index (χ1v) is 23.4. The van der Waals surface area contributed by atoms with Crippen molar-refractivity contribution in [3.63, 3.8) is 0 Å². The van der Waals surface area contributed by atoms with Gasteiger partial charge in [0.1, 0.15) is 0 Å². The summed E-state index contributed by atoms with van der Waals surface area (Å²) >= 11 is 0. The van der Waals surface area contributed by atoms with Gasteiger partial charge in [0.25, 0.3) is 0 Å². The van der Waals surface area contributed by atoms with Gasteiger partial charge in [0.05, 0.1) is 17.3 Å². The molecule has 1 saturated heterocycles. The SMILES string of the molecule is C/C1=C2N=C(/C=C3N=C(/C(C)=C4\[N-]C(C(CC(N)=O)C4(C)CCC(=O)NCC(C)O)C4(C)N=C1C(CCC(N)=O)C4(C)CC(N)=O)C(CCC(N)=O)C\3(C)C)C(CCC(N)=O)C/2(C)CC(N)=O.O.[C-]#N.[Co+3].[OH-]. The molecule has 8 bridgehead atoms. The molecule has 0 aromatic carbocycles. The average molecular weight is 1050 g/mol. The van der Waals surface area contributed by atoms with E-state index in [2.05, 4.69) is 5.32 Å². The molecular weight excluding hydrogens is 976 g/mol. The smallest absolute Gasteiger partial charge is 0.870 e. The van der Waals surface area contributed by atoms with Crippen molar-refractivity contribution in [2.75, 3.05) is 6.54 Å². The first-order valence-electron chi connectivity index (χ1n) is 23.4. The number of aliphatic imine (C=N–C) groups is 3. The molecule has 0 aliphatic carbocycles. The molecular formula is C49H75CoN12O10. The zero-order valence-corrected chi connectivity index (χ0v) is 43.9. The van der Waals surface area contributed by atoms with Crippen molar-refractivity contribution in [1.82, 2.24) is 5.32 Å². The molecule has 5 heterocycles. The van der Waals surface area contributed by atoms with E-state index in [-0.39, 0.29) is 104 Å². The van der Waals surface area contributed by atoms with Gasteiger partial charge < -0.3 is 72.9 Å². The number of primary amides is 6. The van der Waals surface area contributed by atoms with E-state index in [1.54, 1.807) is 6.92 Å². The number of hydrogen-bond acceptors (Lipinski definition) is 13. The fourth-order valence-corrected chi connectivity index (χ4v) is 12.2. The zero-order valence-electron chi connectivity index (χ0n) is 42.8. The van der Waals surface area contributed by atoms with Crippen LogP contribution in [-0.2, 0) is 50.3 Å². The second kappa shape index (κ2) is 24.3. The van der Waals surface area contributed by atoms with Crippen molar-refractivity contribution in [2.45, 2.75) is 151 Å². The van der Waals surface area contributed by atoms with E-state index in [0.29, 0.717) is 51.8 Å². The summed E-state index contributed by atoms with van der Waals surface area (Å²) in [5.41, 5.74) is 34.4. The predicted molar refractivity (Wildman–Crippen MR) is 265 cm³/mol. The largest absolute Gasteiger partial charge is 3.00 e. The van der Waals surface area contributed by atoms with Crippen molar-refractivity contribution in [2.24, 2.45) is 94.7 Å². The van der Waals surface area contributed by atoms with E-state index in [1.165, 1.54) is 0 Å². The van der Waals surface area contributed by atoms with E-state index in [0.717, 1.165) is 0 Å². The molecule has 10 unspecified atom stereocenters. The van der Waals surface area contributed by atoms with Crippen molar-refractivity contribution < 1.29 is 66.4 Å². The number of amides is 7. The van der Waals surface area contributed by atoms with Crippen molar-refractivity contribution in [3.05, 3.63) is 46.2 Å². The van der Waals surface area contributed by atoms with Crippen molar-refractivity contribution in [1.29, 1.82) is 5.26 Å². The van der Waals surface area contributed by atoms with Crippen LogP contribution in [0.5, 0.6) is 0 Å². The summed E-state index contributed by atoms with van der Waals surface area (Å²) in [6.45, 7) is 21.6. The summed E-state index contributed by atoms with van der Waals surface area (Å²) < 4.78 is 0. The fraction of sp³-hybridized carbons (Fsp3) is 0.653. The number of nitrogens with two attached hydrogens (primary N) is 6. The Morgan fingerprint density at radius 3 is 1.74 bits per heavy atom. The number of aliphatic hydroxyl groups excluding tert-OH is 1. The van der Waals surface area contributed by atoms with Gasteiger partial charge in [-0.2, -0.15) is 5.70 Å². The normalized spacial score (nSPS) is 32.8. The van der Waals surface area contributed by atoms with Gasteiger partial charge >= 0.3 is 16.8 Å². The Morgan fingerprint density at radius 1 is 0.736 bits per heavy atom. The molecule has 5 aliphatic heterocycles. The van der Waals surface area contributed by atoms with Crippen LogP contribution in [0.3, 0.4) is 0 Å². The summed E-state index contributed by atoms with van der Waals surface area (Å²) in [6.07, 6.45) is 1.02. The van der Waals surface area contributed by atoms with Gasteiger partial charge in [0.2, 0.25) is 41.4 Å². The van der Waals surface area contributed by atoms with Gasteiger partial charge in [0.15, 0.2) is 0 Å². The van der Waals surface area contributed by atoms with Gasteiger partial charge in [-0.25, -0.2) is 0 Å². The van der Waals surface area contributed by atoms with Gasteiger partial charge in [-0.15, -0.1) is 0 Å². The Hall–Kier alpha value is -5.80. The van der Waals surface area contributed by atoms with Gasteiger partial charge in [0, 0.05) is 108 Å². The monoisotopic (exact) mass is 1050 g/mol. The second-order valence-electron chi connectivity index (χ2n) is 21.1. The van der Waals surface area contributed by atoms with Crippen LogP contribution >= 0.6 is 0 Å². The number of carbonyl (C=O) groups is 7. The standard InChI is InChI=1S/C48H73N11O8.CN.Co.2H2O/c1-23(60)22-55-38(67)16-17-45(6)29(18-35(52)64)43-48(9)47(8,21-37(54)66)28(12-15-34(51)63)40(59-48)25(3)42-46(7,20-36(53)65)26(10-13-32(49)61)30(56-42)19-31-44(4,5)27(11-14-33(50)62)39(57-31)24(2)41(45)58-43;1-2;;;/h19,23,26-29,43,60H,10-18,20-22H2,1-9H3,(H14,49,50,51,52,53,54,55,56,57,58,59,61,62,63,64,65,66,67);;;2*1H2/q;-1;+3;;/p-2. The summed E-state index contributed by atoms with van der Waals surface area (Å²) in [7, 11) is 0. The van der Waals surface area contributed by atoms with Crippen LogP contribution in [0.1, 0.15) is 133 Å². The molecule has 22 nitrogen and oxygen atoms in total. The Bertz CT molecular complexity index is 2370. The van der Waals surface area contributed by atoms with E-state index in [1.807, 2.05) is 61.5 Å². The number of nitrogens with one attached hydrogen (secondary N) is 1. The molecule has 400 valence electrons. The van der Waals surface area contributed by atoms with Crippen LogP contribution in [0.15, 0.2) is 49.3 Å². The van der Waals surface area contributed by atoms with Crippen molar-refractivity contribution >= 4 is 58.5 Å². The van der Waals surface area contributed by atoms with Crippen LogP contribution in [0.4, 0.5) is 0 Å². The number of nitrogens with zero attached hydrogens (tertiary/aromatic N) is 5. The van der Waals surface area contributed by atoms with Gasteiger partial charge in [-0.05, 0) is 81.9 Å². The fourth-order valence-electron chi connectivity index (χ4n) is 12.2. The Morgan fingerprint density at radius 2 is 1.25 bits per heavy atom. The Balaban J connectivity index is 0.00000512. The summed E-state index contributed by atoms with van der Waals surface area (Å²) in [4.78, 5) is 108. The number of hydrogen-bond donors (Lipinski definition) is 8. The number of fused-ring (bicyclic) bond motifs is 6. The molecule has 7 amide bonds. The van der Waals surface area contributed by atoms with Crippen LogP contribution in [0.25, 0.3) is 5.32 Å². The van der Waals surface area contributed by atoms with E-state index in [4.69, 9.17) is 66.5 Å².